The molecule has 0 fully saturated rings. The molecular weight excluding hydrogens is 793 g/mol. The molecule has 10 aromatic carbocycles. The molecule has 2 aliphatic rings. The topological polar surface area (TPSA) is 9.86 Å². The number of para-hydroxylation sites is 2. The molecule has 296 valence electrons. The van der Waals surface area contributed by atoms with Crippen molar-refractivity contribution in [3.8, 4) is 44.8 Å². The van der Waals surface area contributed by atoms with Crippen molar-refractivity contribution >= 4 is 75.1 Å². The fourth-order valence-corrected chi connectivity index (χ4v) is 13.3. The van der Waals surface area contributed by atoms with Crippen LogP contribution >= 0.6 is 11.3 Å². The summed E-state index contributed by atoms with van der Waals surface area (Å²) in [6.07, 6.45) is 0. The molecule has 0 N–H and O–H groups in total. The van der Waals surface area contributed by atoms with Crippen LogP contribution < -0.4 is 0 Å². The molecule has 3 heteroatoms. The van der Waals surface area contributed by atoms with Gasteiger partial charge in [0.25, 0.3) is 0 Å². The minimum atomic E-state index is -0.431. The zero-order valence-corrected chi connectivity index (χ0v) is 35.4. The van der Waals surface area contributed by atoms with Crippen molar-refractivity contribution in [1.82, 2.24) is 9.13 Å². The summed E-state index contributed by atoms with van der Waals surface area (Å²) < 4.78 is 7.73. The average molecular weight is 829 g/mol. The Hall–Kier alpha value is -7.98. The molecule has 2 aliphatic carbocycles. The lowest BCUT2D eigenvalue weighted by Gasteiger charge is -2.30. The van der Waals surface area contributed by atoms with Crippen LogP contribution in [0.4, 0.5) is 0 Å². The first-order valence-corrected chi connectivity index (χ1v) is 23.0. The normalized spacial score (nSPS) is 13.4. The third-order valence-electron chi connectivity index (χ3n) is 14.5. The summed E-state index contributed by atoms with van der Waals surface area (Å²) in [5, 5.41) is 7.63. The quantitative estimate of drug-likeness (QED) is 0.168. The number of thiophene rings is 1. The Kier molecular flexibility index (Phi) is 6.79. The molecule has 0 bridgehead atoms. The van der Waals surface area contributed by atoms with Gasteiger partial charge in [-0.2, -0.15) is 0 Å². The van der Waals surface area contributed by atoms with Crippen LogP contribution in [0, 0.1) is 0 Å². The molecule has 0 saturated heterocycles. The van der Waals surface area contributed by atoms with Gasteiger partial charge in [0.05, 0.1) is 27.5 Å². The maximum Gasteiger partial charge on any atom is 0.0788 e. The maximum atomic E-state index is 2.56. The van der Waals surface area contributed by atoms with E-state index >= 15 is 0 Å². The Morgan fingerprint density at radius 3 is 1.41 bits per heavy atom. The highest BCUT2D eigenvalue weighted by molar-refractivity contribution is 7.26. The van der Waals surface area contributed by atoms with Crippen molar-refractivity contribution in [2.75, 3.05) is 0 Å². The lowest BCUT2D eigenvalue weighted by molar-refractivity contribution is 0.792. The highest BCUT2D eigenvalue weighted by Gasteiger charge is 2.51. The van der Waals surface area contributed by atoms with E-state index in [0.29, 0.717) is 0 Å². The summed E-state index contributed by atoms with van der Waals surface area (Å²) in [4.78, 5) is 0. The lowest BCUT2D eigenvalue weighted by Crippen LogP contribution is -2.26. The second kappa shape index (κ2) is 12.6. The first kappa shape index (κ1) is 34.6. The van der Waals surface area contributed by atoms with Crippen LogP contribution in [0.1, 0.15) is 22.3 Å². The summed E-state index contributed by atoms with van der Waals surface area (Å²) in [5.41, 5.74) is 19.9. The summed E-state index contributed by atoms with van der Waals surface area (Å²) in [7, 11) is 0. The van der Waals surface area contributed by atoms with Gasteiger partial charge in [-0.3, -0.25) is 0 Å². The van der Waals surface area contributed by atoms with Crippen LogP contribution in [0.5, 0.6) is 0 Å². The van der Waals surface area contributed by atoms with Crippen molar-refractivity contribution in [3.63, 3.8) is 0 Å². The first-order chi connectivity index (χ1) is 31.8. The van der Waals surface area contributed by atoms with Crippen molar-refractivity contribution < 1.29 is 0 Å². The first-order valence-electron chi connectivity index (χ1n) is 22.2. The number of rotatable bonds is 3. The Morgan fingerprint density at radius 1 is 0.312 bits per heavy atom. The molecule has 15 rings (SSSR count). The highest BCUT2D eigenvalue weighted by Crippen LogP contribution is 2.63. The predicted molar refractivity (Wildman–Crippen MR) is 270 cm³/mol. The number of nitrogens with zero attached hydrogens (tertiary/aromatic N) is 2. The van der Waals surface area contributed by atoms with Gasteiger partial charge in [-0.05, 0) is 98.1 Å². The fourth-order valence-electron chi connectivity index (χ4n) is 12.0. The van der Waals surface area contributed by atoms with E-state index in [4.69, 9.17) is 0 Å². The molecule has 0 aliphatic heterocycles. The van der Waals surface area contributed by atoms with Crippen LogP contribution in [-0.2, 0) is 5.41 Å². The van der Waals surface area contributed by atoms with E-state index in [-0.39, 0.29) is 0 Å². The molecule has 1 spiro atoms. The van der Waals surface area contributed by atoms with E-state index in [1.807, 2.05) is 11.3 Å². The molecule has 13 aromatic rings. The Bertz CT molecular complexity index is 4070. The molecule has 0 unspecified atom stereocenters. The van der Waals surface area contributed by atoms with Gasteiger partial charge in [0.2, 0.25) is 0 Å². The predicted octanol–water partition coefficient (Wildman–Crippen LogP) is 16.3. The van der Waals surface area contributed by atoms with E-state index in [2.05, 4.69) is 228 Å². The largest absolute Gasteiger partial charge is 0.307 e. The van der Waals surface area contributed by atoms with Crippen LogP contribution in [-0.4, -0.2) is 9.13 Å². The minimum absolute atomic E-state index is 0.431. The van der Waals surface area contributed by atoms with E-state index < -0.39 is 5.41 Å². The van der Waals surface area contributed by atoms with Gasteiger partial charge >= 0.3 is 0 Å². The average Bonchev–Trinajstić information content (AvgIpc) is 4.15. The van der Waals surface area contributed by atoms with Crippen LogP contribution in [0.15, 0.2) is 218 Å². The van der Waals surface area contributed by atoms with Crippen molar-refractivity contribution in [1.29, 1.82) is 0 Å². The number of benzene rings is 10. The van der Waals surface area contributed by atoms with E-state index in [1.54, 1.807) is 0 Å². The molecule has 0 radical (unpaired) electrons. The minimum Gasteiger partial charge on any atom is -0.307 e. The van der Waals surface area contributed by atoms with E-state index in [9.17, 15) is 0 Å². The summed E-state index contributed by atoms with van der Waals surface area (Å²) >= 11 is 1.89. The molecule has 0 atom stereocenters. The number of aromatic nitrogens is 2. The number of hydrogen-bond donors (Lipinski definition) is 0. The number of fused-ring (bicyclic) bond motifs is 20. The number of hydrogen-bond acceptors (Lipinski definition) is 1. The zero-order chi connectivity index (χ0) is 41.7. The smallest absolute Gasteiger partial charge is 0.0788 e. The third kappa shape index (κ3) is 4.30. The standard InChI is InChI=1S/C61H36N2S/c1-7-22-51-41(14-1)42-15-2-8-23-52(42)61(51)53-24-9-3-16-43(53)44-33-32-39(36-54(44)61)63-56-26-11-5-18-46(56)49-35-34-48-45-17-4-10-25-55(45)62(58(48)59(49)63)38-30-28-37(29-31-38)40-20-13-21-50-47-19-6-12-27-57(47)64-60(40)50/h1-36H. The summed E-state index contributed by atoms with van der Waals surface area (Å²) in [6, 6.07) is 82.0. The molecule has 3 heterocycles. The van der Waals surface area contributed by atoms with Crippen LogP contribution in [0.25, 0.3) is 109 Å². The Morgan fingerprint density at radius 2 is 0.781 bits per heavy atom. The summed E-state index contributed by atoms with van der Waals surface area (Å²) in [6.45, 7) is 0. The molecule has 2 nitrogen and oxygen atoms in total. The van der Waals surface area contributed by atoms with E-state index in [0.717, 1.165) is 11.4 Å². The molecule has 64 heavy (non-hydrogen) atoms. The van der Waals surface area contributed by atoms with Gasteiger partial charge in [-0.15, -0.1) is 11.3 Å². The third-order valence-corrected chi connectivity index (χ3v) is 15.8. The van der Waals surface area contributed by atoms with Gasteiger partial charge in [-0.25, -0.2) is 0 Å². The maximum absolute atomic E-state index is 2.56. The van der Waals surface area contributed by atoms with Gasteiger partial charge in [0.15, 0.2) is 0 Å². The molecule has 3 aromatic heterocycles. The second-order valence-electron chi connectivity index (χ2n) is 17.5. The van der Waals surface area contributed by atoms with Gasteiger partial charge in [-0.1, -0.05) is 176 Å². The van der Waals surface area contributed by atoms with E-state index in [1.165, 1.54) is 119 Å². The van der Waals surface area contributed by atoms with Crippen molar-refractivity contribution in [2.45, 2.75) is 5.41 Å². The SMILES string of the molecule is c1ccc2c(c1)-c1ccccc1C21c2ccccc2-c2ccc(-n3c4ccccc4c4ccc5c6ccccc6n(-c6ccc(-c7cccc8c7sc7ccccc78)cc6)c5c43)cc21. The molecule has 0 amide bonds. The van der Waals surface area contributed by atoms with Gasteiger partial charge in [0, 0.05) is 53.1 Å². The Labute approximate surface area is 373 Å². The second-order valence-corrected chi connectivity index (χ2v) is 18.6. The van der Waals surface area contributed by atoms with Gasteiger partial charge < -0.3 is 9.13 Å². The molecule has 0 saturated carbocycles. The highest BCUT2D eigenvalue weighted by atomic mass is 32.1. The van der Waals surface area contributed by atoms with Crippen molar-refractivity contribution in [3.05, 3.63) is 241 Å². The van der Waals surface area contributed by atoms with Crippen molar-refractivity contribution in [2.24, 2.45) is 0 Å². The molecular formula is C61H36N2S. The summed E-state index contributed by atoms with van der Waals surface area (Å²) in [5.74, 6) is 0. The fraction of sp³-hybridized carbons (Fsp3) is 0.0164. The zero-order valence-electron chi connectivity index (χ0n) is 34.6. The monoisotopic (exact) mass is 828 g/mol. The van der Waals surface area contributed by atoms with Gasteiger partial charge in [0.1, 0.15) is 0 Å². The Balaban J connectivity index is 1.01. The van der Waals surface area contributed by atoms with Crippen LogP contribution in [0.3, 0.4) is 0 Å². The van der Waals surface area contributed by atoms with Crippen LogP contribution in [0.2, 0.25) is 0 Å². The lowest BCUT2D eigenvalue weighted by atomic mass is 9.70.